The summed E-state index contributed by atoms with van der Waals surface area (Å²) in [4.78, 5) is 12.7. The molecule has 2 aromatic carbocycles. The Morgan fingerprint density at radius 1 is 1.04 bits per heavy atom. The summed E-state index contributed by atoms with van der Waals surface area (Å²) in [6, 6.07) is 12.0. The van der Waals surface area contributed by atoms with Crippen LogP contribution >= 0.6 is 0 Å². The van der Waals surface area contributed by atoms with Gasteiger partial charge in [0, 0.05) is 5.69 Å². The first-order valence-electron chi connectivity index (χ1n) is 7.09. The van der Waals surface area contributed by atoms with Gasteiger partial charge in [-0.1, -0.05) is 18.2 Å². The molecule has 0 aliphatic heterocycles. The van der Waals surface area contributed by atoms with E-state index in [-0.39, 0.29) is 27.7 Å². The van der Waals surface area contributed by atoms with Gasteiger partial charge >= 0.3 is 0 Å². The van der Waals surface area contributed by atoms with Crippen molar-refractivity contribution in [3.8, 4) is 28.6 Å². The number of phenols is 2. The van der Waals surface area contributed by atoms with Gasteiger partial charge in [-0.15, -0.1) is 10.2 Å². The fourth-order valence-corrected chi connectivity index (χ4v) is 2.53. The number of rotatable bonds is 2. The molecule has 4 rings (SSSR count). The Balaban J connectivity index is 1.97. The molecule has 0 bridgehead atoms. The highest BCUT2D eigenvalue weighted by atomic mass is 16.4. The molecule has 0 saturated heterocycles. The summed E-state index contributed by atoms with van der Waals surface area (Å²) >= 11 is 0. The molecule has 118 valence electrons. The third-order valence-corrected chi connectivity index (χ3v) is 3.72. The van der Waals surface area contributed by atoms with Gasteiger partial charge in [-0.05, 0) is 24.3 Å². The van der Waals surface area contributed by atoms with Crippen LogP contribution in [0.1, 0.15) is 0 Å². The van der Waals surface area contributed by atoms with Gasteiger partial charge in [0.25, 0.3) is 0 Å². The minimum absolute atomic E-state index is 0.0745. The number of aromatic nitrogens is 3. The summed E-state index contributed by atoms with van der Waals surface area (Å²) < 4.78 is 7.02. The number of para-hydroxylation sites is 1. The van der Waals surface area contributed by atoms with E-state index in [1.54, 1.807) is 4.57 Å². The zero-order chi connectivity index (χ0) is 16.7. The van der Waals surface area contributed by atoms with Crippen molar-refractivity contribution >= 4 is 11.0 Å². The molecule has 2 heterocycles. The maximum Gasteiger partial charge on any atom is 0.203 e. The Morgan fingerprint density at radius 3 is 2.62 bits per heavy atom. The van der Waals surface area contributed by atoms with E-state index in [1.165, 1.54) is 24.7 Å². The van der Waals surface area contributed by atoms with Crippen LogP contribution in [0.5, 0.6) is 11.5 Å². The van der Waals surface area contributed by atoms with Gasteiger partial charge in [0.15, 0.2) is 17.2 Å². The van der Waals surface area contributed by atoms with Crippen molar-refractivity contribution in [1.82, 2.24) is 14.8 Å². The molecule has 7 heteroatoms. The highest BCUT2D eigenvalue weighted by Gasteiger charge is 2.18. The van der Waals surface area contributed by atoms with Gasteiger partial charge < -0.3 is 14.6 Å². The third kappa shape index (κ3) is 2.03. The van der Waals surface area contributed by atoms with E-state index in [1.807, 2.05) is 30.3 Å². The summed E-state index contributed by atoms with van der Waals surface area (Å²) in [5.41, 5.74) is 0.547. The van der Waals surface area contributed by atoms with E-state index in [9.17, 15) is 15.0 Å². The summed E-state index contributed by atoms with van der Waals surface area (Å²) in [5, 5.41) is 27.4. The summed E-state index contributed by atoms with van der Waals surface area (Å²) in [7, 11) is 0. The van der Waals surface area contributed by atoms with Crippen molar-refractivity contribution < 1.29 is 14.6 Å². The SMILES string of the molecule is O=c1c(-c2nncn2-c2ccccc2)coc2c(O)c(O)ccc12. The lowest BCUT2D eigenvalue weighted by atomic mass is 10.1. The average molecular weight is 321 g/mol. The molecule has 0 fully saturated rings. The van der Waals surface area contributed by atoms with Crippen molar-refractivity contribution in [2.45, 2.75) is 0 Å². The molecule has 7 nitrogen and oxygen atoms in total. The monoisotopic (exact) mass is 321 g/mol. The van der Waals surface area contributed by atoms with Crippen molar-refractivity contribution in [2.24, 2.45) is 0 Å². The second-order valence-electron chi connectivity index (χ2n) is 5.15. The maximum atomic E-state index is 12.7. The lowest BCUT2D eigenvalue weighted by Gasteiger charge is -2.07. The number of aromatic hydroxyl groups is 2. The molecule has 0 unspecified atom stereocenters. The van der Waals surface area contributed by atoms with Crippen molar-refractivity contribution in [3.05, 3.63) is 65.3 Å². The van der Waals surface area contributed by atoms with Crippen LogP contribution in [0.4, 0.5) is 0 Å². The largest absolute Gasteiger partial charge is 0.504 e. The van der Waals surface area contributed by atoms with Gasteiger partial charge in [0.2, 0.25) is 11.2 Å². The average Bonchev–Trinajstić information content (AvgIpc) is 3.09. The Labute approximate surface area is 135 Å². The normalized spacial score (nSPS) is 11.0. The molecule has 0 aliphatic rings. The highest BCUT2D eigenvalue weighted by Crippen LogP contribution is 2.33. The highest BCUT2D eigenvalue weighted by molar-refractivity contribution is 5.87. The molecular weight excluding hydrogens is 310 g/mol. The Kier molecular flexibility index (Phi) is 3.06. The van der Waals surface area contributed by atoms with Crippen LogP contribution in [0.3, 0.4) is 0 Å². The standard InChI is InChI=1S/C17H11N3O4/c21-13-7-6-11-14(22)12(8-24-16(11)15(13)23)17-19-18-9-20(17)10-4-2-1-3-5-10/h1-9,21,23H. The van der Waals surface area contributed by atoms with E-state index >= 15 is 0 Å². The number of benzene rings is 2. The van der Waals surface area contributed by atoms with Crippen LogP contribution in [-0.4, -0.2) is 25.0 Å². The van der Waals surface area contributed by atoms with Crippen molar-refractivity contribution in [3.63, 3.8) is 0 Å². The maximum absolute atomic E-state index is 12.7. The second kappa shape index (κ2) is 5.24. The third-order valence-electron chi connectivity index (χ3n) is 3.72. The second-order valence-corrected chi connectivity index (χ2v) is 5.15. The lowest BCUT2D eigenvalue weighted by Crippen LogP contribution is -2.08. The molecule has 4 aromatic rings. The van der Waals surface area contributed by atoms with Gasteiger partial charge in [-0.3, -0.25) is 9.36 Å². The molecular formula is C17H11N3O4. The van der Waals surface area contributed by atoms with Crippen LogP contribution in [0.25, 0.3) is 28.0 Å². The molecule has 0 radical (unpaired) electrons. The van der Waals surface area contributed by atoms with Gasteiger partial charge in [-0.2, -0.15) is 0 Å². The molecule has 0 atom stereocenters. The number of hydrogen-bond acceptors (Lipinski definition) is 6. The predicted molar refractivity (Wildman–Crippen MR) is 86.2 cm³/mol. The first-order valence-corrected chi connectivity index (χ1v) is 7.09. The molecule has 2 aromatic heterocycles. The molecule has 2 N–H and O–H groups in total. The summed E-state index contributed by atoms with van der Waals surface area (Å²) in [6.07, 6.45) is 2.70. The van der Waals surface area contributed by atoms with Crippen LogP contribution in [0.15, 0.2) is 64.3 Å². The number of nitrogens with zero attached hydrogens (tertiary/aromatic N) is 3. The number of phenolic OH excluding ortho intramolecular Hbond substituents is 2. The van der Waals surface area contributed by atoms with Gasteiger partial charge in [0.05, 0.1) is 5.39 Å². The zero-order valence-corrected chi connectivity index (χ0v) is 12.2. The molecule has 0 aliphatic carbocycles. The topological polar surface area (TPSA) is 101 Å². The van der Waals surface area contributed by atoms with Crippen LogP contribution in [0.2, 0.25) is 0 Å². The Bertz CT molecular complexity index is 1100. The Morgan fingerprint density at radius 2 is 1.83 bits per heavy atom. The van der Waals surface area contributed by atoms with E-state index < -0.39 is 5.75 Å². The van der Waals surface area contributed by atoms with Gasteiger partial charge in [0.1, 0.15) is 18.2 Å². The van der Waals surface area contributed by atoms with E-state index in [2.05, 4.69) is 10.2 Å². The first kappa shape index (κ1) is 14.0. The van der Waals surface area contributed by atoms with E-state index in [0.29, 0.717) is 5.82 Å². The summed E-state index contributed by atoms with van der Waals surface area (Å²) in [5.74, 6) is -0.504. The number of fused-ring (bicyclic) bond motifs is 1. The fraction of sp³-hybridized carbons (Fsp3) is 0. The minimum Gasteiger partial charge on any atom is -0.504 e. The number of hydrogen-bond donors (Lipinski definition) is 2. The van der Waals surface area contributed by atoms with E-state index in [4.69, 9.17) is 4.42 Å². The molecule has 0 spiro atoms. The summed E-state index contributed by atoms with van der Waals surface area (Å²) in [6.45, 7) is 0. The molecule has 0 amide bonds. The zero-order valence-electron chi connectivity index (χ0n) is 12.2. The van der Waals surface area contributed by atoms with Crippen LogP contribution < -0.4 is 5.43 Å². The first-order chi connectivity index (χ1) is 11.7. The Hall–Kier alpha value is -3.61. The fourth-order valence-electron chi connectivity index (χ4n) is 2.53. The van der Waals surface area contributed by atoms with E-state index in [0.717, 1.165) is 5.69 Å². The van der Waals surface area contributed by atoms with Crippen LogP contribution in [-0.2, 0) is 0 Å². The van der Waals surface area contributed by atoms with Crippen LogP contribution in [0, 0.1) is 0 Å². The van der Waals surface area contributed by atoms with Crippen molar-refractivity contribution in [2.75, 3.05) is 0 Å². The molecule has 24 heavy (non-hydrogen) atoms. The smallest absolute Gasteiger partial charge is 0.203 e. The molecule has 0 saturated carbocycles. The quantitative estimate of drug-likeness (QED) is 0.550. The predicted octanol–water partition coefficient (Wildman–Crippen LogP) is 2.45. The minimum atomic E-state index is -0.472. The van der Waals surface area contributed by atoms with Gasteiger partial charge in [-0.25, -0.2) is 0 Å². The van der Waals surface area contributed by atoms with Crippen molar-refractivity contribution in [1.29, 1.82) is 0 Å². The lowest BCUT2D eigenvalue weighted by molar-refractivity contribution is 0.399.